The van der Waals surface area contributed by atoms with Gasteiger partial charge in [0.05, 0.1) is 26.4 Å². The Bertz CT molecular complexity index is 402. The van der Waals surface area contributed by atoms with E-state index in [1.165, 1.54) is 0 Å². The van der Waals surface area contributed by atoms with Crippen molar-refractivity contribution in [2.75, 3.05) is 40.1 Å². The summed E-state index contributed by atoms with van der Waals surface area (Å²) in [5.41, 5.74) is 0.933. The van der Waals surface area contributed by atoms with Gasteiger partial charge >= 0.3 is 0 Å². The summed E-state index contributed by atoms with van der Waals surface area (Å²) in [5, 5.41) is 21.8. The van der Waals surface area contributed by atoms with Crippen LogP contribution in [0.15, 0.2) is 24.3 Å². The van der Waals surface area contributed by atoms with Crippen LogP contribution in [0.4, 0.5) is 0 Å². The third-order valence-corrected chi connectivity index (χ3v) is 3.07. The van der Waals surface area contributed by atoms with Gasteiger partial charge in [-0.25, -0.2) is 0 Å². The van der Waals surface area contributed by atoms with Crippen LogP contribution in [0, 0.1) is 0 Å². The fraction of sp³-hybridized carbons (Fsp3) is 0.625. The van der Waals surface area contributed by atoms with Crippen LogP contribution in [0.25, 0.3) is 0 Å². The van der Waals surface area contributed by atoms with Gasteiger partial charge in [-0.1, -0.05) is 18.2 Å². The number of rotatable bonds is 12. The lowest BCUT2D eigenvalue weighted by atomic mass is 10.2. The van der Waals surface area contributed by atoms with Crippen LogP contribution in [0.5, 0.6) is 5.75 Å². The van der Waals surface area contributed by atoms with Crippen LogP contribution in [0.3, 0.4) is 0 Å². The van der Waals surface area contributed by atoms with Crippen molar-refractivity contribution >= 4 is 0 Å². The molecule has 2 unspecified atom stereocenters. The van der Waals surface area contributed by atoms with Gasteiger partial charge in [-0.2, -0.15) is 0 Å². The van der Waals surface area contributed by atoms with E-state index in [9.17, 15) is 5.11 Å². The normalized spacial score (nSPS) is 13.8. The summed E-state index contributed by atoms with van der Waals surface area (Å²) in [6.07, 6.45) is -0.642. The Morgan fingerprint density at radius 2 is 2.00 bits per heavy atom. The fourth-order valence-electron chi connectivity index (χ4n) is 1.73. The number of aliphatic hydroxyl groups excluding tert-OH is 2. The molecular formula is C16H27NO5. The number of nitrogens with one attached hydrogen (secondary N) is 1. The molecule has 1 rings (SSSR count). The zero-order valence-corrected chi connectivity index (χ0v) is 13.3. The maximum atomic E-state index is 9.87. The van der Waals surface area contributed by atoms with Gasteiger partial charge in [0.25, 0.3) is 0 Å². The molecule has 0 aliphatic heterocycles. The van der Waals surface area contributed by atoms with Crippen molar-refractivity contribution in [3.05, 3.63) is 29.8 Å². The van der Waals surface area contributed by atoms with Crippen LogP contribution in [-0.2, 0) is 16.1 Å². The van der Waals surface area contributed by atoms with Crippen molar-refractivity contribution in [1.82, 2.24) is 5.32 Å². The number of aliphatic hydroxyl groups is 2. The maximum absolute atomic E-state index is 9.87. The van der Waals surface area contributed by atoms with Crippen LogP contribution in [-0.4, -0.2) is 62.4 Å². The quantitative estimate of drug-likeness (QED) is 0.489. The largest absolute Gasteiger partial charge is 0.490 e. The third kappa shape index (κ3) is 7.72. The second kappa shape index (κ2) is 11.4. The molecule has 22 heavy (non-hydrogen) atoms. The van der Waals surface area contributed by atoms with Crippen LogP contribution in [0.2, 0.25) is 0 Å². The number of hydrogen-bond acceptors (Lipinski definition) is 6. The molecule has 0 amide bonds. The minimum atomic E-state index is -0.642. The van der Waals surface area contributed by atoms with Crippen LogP contribution < -0.4 is 10.1 Å². The monoisotopic (exact) mass is 313 g/mol. The van der Waals surface area contributed by atoms with Crippen LogP contribution >= 0.6 is 0 Å². The SMILES string of the molecule is COCCOCc1ccccc1OCC(O)CNC(C)CO. The summed E-state index contributed by atoms with van der Waals surface area (Å²) in [7, 11) is 1.63. The lowest BCUT2D eigenvalue weighted by molar-refractivity contribution is 0.0589. The number of para-hydroxylation sites is 1. The third-order valence-electron chi connectivity index (χ3n) is 3.07. The Balaban J connectivity index is 2.37. The highest BCUT2D eigenvalue weighted by atomic mass is 16.5. The van der Waals surface area contributed by atoms with Crippen LogP contribution in [0.1, 0.15) is 12.5 Å². The molecule has 6 heteroatoms. The molecule has 0 bridgehead atoms. The van der Waals surface area contributed by atoms with Crippen molar-refractivity contribution in [1.29, 1.82) is 0 Å². The zero-order valence-electron chi connectivity index (χ0n) is 13.3. The molecular weight excluding hydrogens is 286 g/mol. The summed E-state index contributed by atoms with van der Waals surface area (Å²) >= 11 is 0. The first-order valence-electron chi connectivity index (χ1n) is 7.47. The average Bonchev–Trinajstić information content (AvgIpc) is 2.55. The van der Waals surface area contributed by atoms with Gasteiger partial charge < -0.3 is 29.7 Å². The Morgan fingerprint density at radius 3 is 2.73 bits per heavy atom. The van der Waals surface area contributed by atoms with Crippen molar-refractivity contribution in [2.24, 2.45) is 0 Å². The first-order valence-corrected chi connectivity index (χ1v) is 7.47. The van der Waals surface area contributed by atoms with Gasteiger partial charge in [-0.05, 0) is 13.0 Å². The molecule has 0 saturated heterocycles. The first kappa shape index (κ1) is 18.9. The molecule has 0 aliphatic carbocycles. The van der Waals surface area contributed by atoms with E-state index in [4.69, 9.17) is 19.3 Å². The summed E-state index contributed by atoms with van der Waals surface area (Å²) in [5.74, 6) is 0.703. The number of hydrogen-bond donors (Lipinski definition) is 3. The van der Waals surface area contributed by atoms with E-state index < -0.39 is 6.10 Å². The second-order valence-electron chi connectivity index (χ2n) is 5.11. The molecule has 0 aromatic heterocycles. The maximum Gasteiger partial charge on any atom is 0.124 e. The minimum Gasteiger partial charge on any atom is -0.490 e. The van der Waals surface area contributed by atoms with Crippen molar-refractivity contribution in [3.63, 3.8) is 0 Å². The van der Waals surface area contributed by atoms with E-state index in [0.717, 1.165) is 5.56 Å². The van der Waals surface area contributed by atoms with Crippen molar-refractivity contribution in [2.45, 2.75) is 25.7 Å². The molecule has 1 aromatic carbocycles. The molecule has 2 atom stereocenters. The van der Waals surface area contributed by atoms with E-state index in [1.54, 1.807) is 7.11 Å². The Morgan fingerprint density at radius 1 is 1.23 bits per heavy atom. The van der Waals surface area contributed by atoms with Gasteiger partial charge in [0.2, 0.25) is 0 Å². The zero-order chi connectivity index (χ0) is 16.2. The van der Waals surface area contributed by atoms with Gasteiger partial charge in [-0.3, -0.25) is 0 Å². The van der Waals surface area contributed by atoms with E-state index in [0.29, 0.717) is 32.1 Å². The van der Waals surface area contributed by atoms with E-state index in [1.807, 2.05) is 31.2 Å². The van der Waals surface area contributed by atoms with Gasteiger partial charge in [0.1, 0.15) is 18.5 Å². The molecule has 1 aromatic rings. The number of ether oxygens (including phenoxy) is 3. The molecule has 6 nitrogen and oxygen atoms in total. The van der Waals surface area contributed by atoms with Crippen molar-refractivity contribution < 1.29 is 24.4 Å². The van der Waals surface area contributed by atoms with Gasteiger partial charge in [0, 0.05) is 25.3 Å². The highest BCUT2D eigenvalue weighted by Crippen LogP contribution is 2.19. The summed E-state index contributed by atoms with van der Waals surface area (Å²) in [6.45, 7) is 3.95. The molecule has 0 radical (unpaired) electrons. The Labute approximate surface area is 132 Å². The van der Waals surface area contributed by atoms with E-state index >= 15 is 0 Å². The highest BCUT2D eigenvalue weighted by molar-refractivity contribution is 5.32. The number of methoxy groups -OCH3 is 1. The average molecular weight is 313 g/mol. The first-order chi connectivity index (χ1) is 10.7. The summed E-state index contributed by atoms with van der Waals surface area (Å²) in [4.78, 5) is 0. The minimum absolute atomic E-state index is 0.0369. The predicted octanol–water partition coefficient (Wildman–Crippen LogP) is 0.560. The lowest BCUT2D eigenvalue weighted by Crippen LogP contribution is -2.38. The Kier molecular flexibility index (Phi) is 9.77. The van der Waals surface area contributed by atoms with E-state index in [-0.39, 0.29) is 19.3 Å². The molecule has 0 saturated carbocycles. The van der Waals surface area contributed by atoms with Gasteiger partial charge in [0.15, 0.2) is 0 Å². The number of benzene rings is 1. The molecule has 0 aliphatic rings. The standard InChI is InChI=1S/C16H27NO5/c1-13(10-18)17-9-15(19)12-22-16-6-4-3-5-14(16)11-21-8-7-20-2/h3-6,13,15,17-19H,7-12H2,1-2H3. The summed E-state index contributed by atoms with van der Waals surface area (Å²) < 4.78 is 16.1. The van der Waals surface area contributed by atoms with Gasteiger partial charge in [-0.15, -0.1) is 0 Å². The highest BCUT2D eigenvalue weighted by Gasteiger charge is 2.09. The Hall–Kier alpha value is -1.18. The summed E-state index contributed by atoms with van der Waals surface area (Å²) in [6, 6.07) is 7.54. The fourth-order valence-corrected chi connectivity index (χ4v) is 1.73. The molecule has 126 valence electrons. The second-order valence-corrected chi connectivity index (χ2v) is 5.11. The molecule has 0 spiro atoms. The molecule has 0 fully saturated rings. The smallest absolute Gasteiger partial charge is 0.124 e. The topological polar surface area (TPSA) is 80.2 Å². The predicted molar refractivity (Wildman–Crippen MR) is 84.0 cm³/mol. The molecule has 0 heterocycles. The van der Waals surface area contributed by atoms with Crippen molar-refractivity contribution in [3.8, 4) is 5.75 Å². The molecule has 3 N–H and O–H groups in total. The van der Waals surface area contributed by atoms with E-state index in [2.05, 4.69) is 5.32 Å². The lowest BCUT2D eigenvalue weighted by Gasteiger charge is -2.17.